The molecule has 0 spiro atoms. The van der Waals surface area contributed by atoms with Crippen LogP contribution in [0.1, 0.15) is 39.2 Å². The second kappa shape index (κ2) is 5.93. The number of hydrogen-bond acceptors (Lipinski definition) is 3. The van der Waals surface area contributed by atoms with Crippen LogP contribution in [0.2, 0.25) is 0 Å². The average molecular weight is 263 g/mol. The number of hydrogen-bond donors (Lipinski definition) is 1. The molecule has 0 amide bonds. The van der Waals surface area contributed by atoms with E-state index in [4.69, 9.17) is 4.74 Å². The van der Waals surface area contributed by atoms with Crippen LogP contribution in [0.15, 0.2) is 24.3 Å². The number of nitrogens with zero attached hydrogens (tertiary/aromatic N) is 1. The number of piperidine rings is 1. The molecule has 106 valence electrons. The van der Waals surface area contributed by atoms with Crippen LogP contribution in [0.25, 0.3) is 0 Å². The summed E-state index contributed by atoms with van der Waals surface area (Å²) in [5.74, 6) is 0.869. The van der Waals surface area contributed by atoms with E-state index in [2.05, 4.69) is 11.8 Å². The Kier molecular flexibility index (Phi) is 4.48. The zero-order chi connectivity index (χ0) is 13.9. The Hall–Kier alpha value is -1.06. The van der Waals surface area contributed by atoms with Crippen LogP contribution in [-0.4, -0.2) is 35.7 Å². The fraction of sp³-hybridized carbons (Fsp3) is 0.625. The lowest BCUT2D eigenvalue weighted by molar-refractivity contribution is -0.0247. The molecule has 0 unspecified atom stereocenters. The molecule has 0 radical (unpaired) electrons. The summed E-state index contributed by atoms with van der Waals surface area (Å²) in [6, 6.07) is 7.91. The van der Waals surface area contributed by atoms with Crippen molar-refractivity contribution in [3.05, 3.63) is 29.8 Å². The zero-order valence-corrected chi connectivity index (χ0v) is 12.2. The highest BCUT2D eigenvalue weighted by molar-refractivity contribution is 5.31. The average Bonchev–Trinajstić information content (AvgIpc) is 2.40. The van der Waals surface area contributed by atoms with E-state index in [1.54, 1.807) is 0 Å². The van der Waals surface area contributed by atoms with Gasteiger partial charge in [-0.2, -0.15) is 0 Å². The van der Waals surface area contributed by atoms with Gasteiger partial charge in [0.2, 0.25) is 0 Å². The van der Waals surface area contributed by atoms with Crippen LogP contribution in [-0.2, 0) is 5.60 Å². The van der Waals surface area contributed by atoms with E-state index in [1.165, 1.54) is 0 Å². The first kappa shape index (κ1) is 14.4. The molecule has 1 aliphatic rings. The van der Waals surface area contributed by atoms with E-state index in [-0.39, 0.29) is 6.10 Å². The maximum absolute atomic E-state index is 10.8. The molecule has 0 atom stereocenters. The van der Waals surface area contributed by atoms with Crippen molar-refractivity contribution in [1.82, 2.24) is 4.90 Å². The standard InChI is InChI=1S/C16H25NO2/c1-4-17-11-9-16(18,10-12-17)14-5-7-15(8-6-14)19-13(2)3/h5-8,13,18H,4,9-12H2,1-3H3. The molecule has 19 heavy (non-hydrogen) atoms. The molecule has 3 heteroatoms. The third-order valence-electron chi connectivity index (χ3n) is 3.89. The van der Waals surface area contributed by atoms with Gasteiger partial charge in [-0.25, -0.2) is 0 Å². The van der Waals surface area contributed by atoms with Crippen LogP contribution >= 0.6 is 0 Å². The smallest absolute Gasteiger partial charge is 0.119 e. The van der Waals surface area contributed by atoms with Gasteiger partial charge in [0, 0.05) is 13.1 Å². The minimum atomic E-state index is -0.665. The van der Waals surface area contributed by atoms with E-state index in [0.29, 0.717) is 0 Å². The Labute approximate surface area is 116 Å². The highest BCUT2D eigenvalue weighted by Crippen LogP contribution is 2.33. The van der Waals surface area contributed by atoms with Gasteiger partial charge in [0.25, 0.3) is 0 Å². The summed E-state index contributed by atoms with van der Waals surface area (Å²) in [7, 11) is 0. The summed E-state index contributed by atoms with van der Waals surface area (Å²) >= 11 is 0. The molecule has 1 aliphatic heterocycles. The Morgan fingerprint density at radius 2 is 1.79 bits per heavy atom. The first-order valence-corrected chi connectivity index (χ1v) is 7.25. The first-order valence-electron chi connectivity index (χ1n) is 7.25. The van der Waals surface area contributed by atoms with Crippen molar-refractivity contribution in [2.45, 2.75) is 45.3 Å². The highest BCUT2D eigenvalue weighted by Gasteiger charge is 2.33. The molecule has 1 heterocycles. The van der Waals surface area contributed by atoms with E-state index in [1.807, 2.05) is 38.1 Å². The fourth-order valence-corrected chi connectivity index (χ4v) is 2.64. The number of benzene rings is 1. The Morgan fingerprint density at radius 3 is 2.26 bits per heavy atom. The van der Waals surface area contributed by atoms with Crippen molar-refractivity contribution < 1.29 is 9.84 Å². The summed E-state index contributed by atoms with van der Waals surface area (Å²) in [6.45, 7) is 9.21. The van der Waals surface area contributed by atoms with Gasteiger partial charge in [0.05, 0.1) is 11.7 Å². The summed E-state index contributed by atoms with van der Waals surface area (Å²) < 4.78 is 5.63. The lowest BCUT2D eigenvalue weighted by Gasteiger charge is -2.38. The van der Waals surface area contributed by atoms with Crippen LogP contribution in [0.3, 0.4) is 0 Å². The van der Waals surface area contributed by atoms with Crippen molar-refractivity contribution in [3.8, 4) is 5.75 Å². The van der Waals surface area contributed by atoms with Gasteiger partial charge in [-0.3, -0.25) is 0 Å². The number of ether oxygens (including phenoxy) is 1. The Bertz CT molecular complexity index is 392. The van der Waals surface area contributed by atoms with Gasteiger partial charge >= 0.3 is 0 Å². The zero-order valence-electron chi connectivity index (χ0n) is 12.2. The monoisotopic (exact) mass is 263 g/mol. The van der Waals surface area contributed by atoms with Gasteiger partial charge in [0.1, 0.15) is 5.75 Å². The molecule has 0 aromatic heterocycles. The largest absolute Gasteiger partial charge is 0.491 e. The maximum atomic E-state index is 10.8. The molecule has 1 aromatic rings. The molecule has 1 aromatic carbocycles. The van der Waals surface area contributed by atoms with E-state index >= 15 is 0 Å². The van der Waals surface area contributed by atoms with Crippen molar-refractivity contribution in [2.24, 2.45) is 0 Å². The molecule has 0 bridgehead atoms. The van der Waals surface area contributed by atoms with E-state index in [9.17, 15) is 5.11 Å². The normalized spacial score (nSPS) is 19.6. The third kappa shape index (κ3) is 3.48. The van der Waals surface area contributed by atoms with E-state index < -0.39 is 5.60 Å². The summed E-state index contributed by atoms with van der Waals surface area (Å²) in [5, 5.41) is 10.8. The molecular weight excluding hydrogens is 238 g/mol. The number of aliphatic hydroxyl groups is 1. The van der Waals surface area contributed by atoms with Crippen LogP contribution in [0.5, 0.6) is 5.75 Å². The molecule has 2 rings (SSSR count). The minimum absolute atomic E-state index is 0.182. The fourth-order valence-electron chi connectivity index (χ4n) is 2.64. The molecule has 1 N–H and O–H groups in total. The highest BCUT2D eigenvalue weighted by atomic mass is 16.5. The quantitative estimate of drug-likeness (QED) is 0.906. The lowest BCUT2D eigenvalue weighted by atomic mass is 9.84. The number of rotatable bonds is 4. The summed E-state index contributed by atoms with van der Waals surface area (Å²) in [6.07, 6.45) is 1.80. The SMILES string of the molecule is CCN1CCC(O)(c2ccc(OC(C)C)cc2)CC1. The first-order chi connectivity index (χ1) is 9.03. The van der Waals surface area contributed by atoms with Crippen LogP contribution < -0.4 is 4.74 Å². The molecule has 0 aliphatic carbocycles. The van der Waals surface area contributed by atoms with Crippen molar-refractivity contribution in [2.75, 3.05) is 19.6 Å². The lowest BCUT2D eigenvalue weighted by Crippen LogP contribution is -2.42. The van der Waals surface area contributed by atoms with Crippen molar-refractivity contribution in [3.63, 3.8) is 0 Å². The molecular formula is C16H25NO2. The second-order valence-corrected chi connectivity index (χ2v) is 5.66. The van der Waals surface area contributed by atoms with Crippen molar-refractivity contribution >= 4 is 0 Å². The van der Waals surface area contributed by atoms with Crippen molar-refractivity contribution in [1.29, 1.82) is 0 Å². The topological polar surface area (TPSA) is 32.7 Å². The van der Waals surface area contributed by atoms with Gasteiger partial charge in [-0.15, -0.1) is 0 Å². The van der Waals surface area contributed by atoms with E-state index in [0.717, 1.165) is 43.8 Å². The van der Waals surface area contributed by atoms with Crippen LogP contribution in [0, 0.1) is 0 Å². The third-order valence-corrected chi connectivity index (χ3v) is 3.89. The predicted molar refractivity (Wildman–Crippen MR) is 77.5 cm³/mol. The molecule has 1 saturated heterocycles. The maximum Gasteiger partial charge on any atom is 0.119 e. The number of likely N-dealkylation sites (tertiary alicyclic amines) is 1. The molecule has 0 saturated carbocycles. The summed E-state index contributed by atoms with van der Waals surface area (Å²) in [5.41, 5.74) is 0.349. The second-order valence-electron chi connectivity index (χ2n) is 5.66. The van der Waals surface area contributed by atoms with Gasteiger partial charge in [0.15, 0.2) is 0 Å². The molecule has 3 nitrogen and oxygen atoms in total. The predicted octanol–water partition coefficient (Wildman–Crippen LogP) is 2.78. The van der Waals surface area contributed by atoms with Crippen LogP contribution in [0.4, 0.5) is 0 Å². The van der Waals surface area contributed by atoms with Gasteiger partial charge in [-0.05, 0) is 50.9 Å². The van der Waals surface area contributed by atoms with Gasteiger partial charge < -0.3 is 14.7 Å². The minimum Gasteiger partial charge on any atom is -0.491 e. The van der Waals surface area contributed by atoms with Gasteiger partial charge in [-0.1, -0.05) is 19.1 Å². The summed E-state index contributed by atoms with van der Waals surface area (Å²) in [4.78, 5) is 2.38. The Balaban J connectivity index is 2.05. The molecule has 1 fully saturated rings. The Morgan fingerprint density at radius 1 is 1.21 bits per heavy atom.